The molecule has 0 bridgehead atoms. The van der Waals surface area contributed by atoms with Crippen LogP contribution >= 0.6 is 23.2 Å². The molecule has 1 rings (SSSR count). The standard InChI is InChI=1S/C9H8Cl2FN/c1-2-7(13)8-5(10)3-4-6(12)9(8)11/h2-4,7H,1,13H2/t7-/m0/s1. The molecule has 1 aromatic carbocycles. The number of benzene rings is 1. The monoisotopic (exact) mass is 219 g/mol. The molecule has 0 amide bonds. The number of hydrogen-bond donors (Lipinski definition) is 1. The van der Waals surface area contributed by atoms with E-state index in [1.54, 1.807) is 0 Å². The minimum atomic E-state index is -0.546. The fraction of sp³-hybridized carbons (Fsp3) is 0.111. The van der Waals surface area contributed by atoms with Gasteiger partial charge in [-0.15, -0.1) is 6.58 Å². The largest absolute Gasteiger partial charge is 0.321 e. The zero-order valence-corrected chi connectivity index (χ0v) is 8.24. The molecule has 1 nitrogen and oxygen atoms in total. The first-order valence-electron chi connectivity index (χ1n) is 3.59. The summed E-state index contributed by atoms with van der Waals surface area (Å²) in [4.78, 5) is 0. The number of nitrogens with two attached hydrogens (primary N) is 1. The SMILES string of the molecule is C=C[C@H](N)c1c(Cl)ccc(F)c1Cl. The minimum absolute atomic E-state index is 0.0418. The maximum Gasteiger partial charge on any atom is 0.142 e. The third-order valence-electron chi connectivity index (χ3n) is 1.67. The van der Waals surface area contributed by atoms with E-state index in [0.717, 1.165) is 0 Å². The molecule has 0 heterocycles. The fourth-order valence-corrected chi connectivity index (χ4v) is 1.59. The van der Waals surface area contributed by atoms with Crippen LogP contribution in [0.1, 0.15) is 11.6 Å². The van der Waals surface area contributed by atoms with Crippen LogP contribution in [0.3, 0.4) is 0 Å². The molecule has 0 radical (unpaired) electrons. The van der Waals surface area contributed by atoms with Crippen molar-refractivity contribution in [3.63, 3.8) is 0 Å². The minimum Gasteiger partial charge on any atom is -0.321 e. The average molecular weight is 220 g/mol. The van der Waals surface area contributed by atoms with E-state index in [-0.39, 0.29) is 5.02 Å². The molecule has 70 valence electrons. The first-order valence-corrected chi connectivity index (χ1v) is 4.35. The zero-order chi connectivity index (χ0) is 10.0. The van der Waals surface area contributed by atoms with Gasteiger partial charge in [-0.3, -0.25) is 0 Å². The maximum atomic E-state index is 13.0. The van der Waals surface area contributed by atoms with Crippen LogP contribution < -0.4 is 5.73 Å². The molecule has 0 aromatic heterocycles. The highest BCUT2D eigenvalue weighted by Gasteiger charge is 2.14. The summed E-state index contributed by atoms with van der Waals surface area (Å²) in [6.07, 6.45) is 1.45. The predicted octanol–water partition coefficient (Wildman–Crippen LogP) is 3.32. The van der Waals surface area contributed by atoms with E-state index in [0.29, 0.717) is 10.6 Å². The highest BCUT2D eigenvalue weighted by molar-refractivity contribution is 6.36. The second kappa shape index (κ2) is 4.09. The van der Waals surface area contributed by atoms with Gasteiger partial charge in [0.2, 0.25) is 0 Å². The molecular weight excluding hydrogens is 212 g/mol. The maximum absolute atomic E-state index is 13.0. The van der Waals surface area contributed by atoms with E-state index in [1.165, 1.54) is 18.2 Å². The molecule has 0 spiro atoms. The van der Waals surface area contributed by atoms with Gasteiger partial charge in [-0.25, -0.2) is 4.39 Å². The van der Waals surface area contributed by atoms with Gasteiger partial charge in [-0.2, -0.15) is 0 Å². The molecule has 0 fully saturated rings. The normalized spacial score (nSPS) is 12.6. The molecule has 0 aliphatic carbocycles. The van der Waals surface area contributed by atoms with Crippen molar-refractivity contribution in [2.75, 3.05) is 0 Å². The van der Waals surface area contributed by atoms with Gasteiger partial charge in [0.05, 0.1) is 11.1 Å². The van der Waals surface area contributed by atoms with Crippen molar-refractivity contribution in [2.45, 2.75) is 6.04 Å². The van der Waals surface area contributed by atoms with E-state index in [4.69, 9.17) is 28.9 Å². The van der Waals surface area contributed by atoms with Crippen molar-refractivity contribution in [3.05, 3.63) is 46.2 Å². The summed E-state index contributed by atoms with van der Waals surface area (Å²) in [6, 6.07) is 2.07. The summed E-state index contributed by atoms with van der Waals surface area (Å²) in [6.45, 7) is 3.48. The van der Waals surface area contributed by atoms with E-state index in [9.17, 15) is 4.39 Å². The Balaban J connectivity index is 3.32. The highest BCUT2D eigenvalue weighted by Crippen LogP contribution is 2.31. The van der Waals surface area contributed by atoms with Gasteiger partial charge in [0, 0.05) is 10.6 Å². The van der Waals surface area contributed by atoms with Crippen molar-refractivity contribution in [1.29, 1.82) is 0 Å². The lowest BCUT2D eigenvalue weighted by atomic mass is 10.1. The second-order valence-corrected chi connectivity index (χ2v) is 3.30. The van der Waals surface area contributed by atoms with Crippen LogP contribution in [-0.2, 0) is 0 Å². The predicted molar refractivity (Wildman–Crippen MR) is 53.5 cm³/mol. The molecule has 0 saturated carbocycles. The van der Waals surface area contributed by atoms with Crippen LogP contribution in [0.2, 0.25) is 10.0 Å². The molecular formula is C9H8Cl2FN. The Bertz CT molecular complexity index is 339. The van der Waals surface area contributed by atoms with Crippen molar-refractivity contribution in [3.8, 4) is 0 Å². The highest BCUT2D eigenvalue weighted by atomic mass is 35.5. The Hall–Kier alpha value is -0.570. The molecule has 2 N–H and O–H groups in total. The molecule has 0 saturated heterocycles. The Morgan fingerprint density at radius 2 is 2.08 bits per heavy atom. The van der Waals surface area contributed by atoms with E-state index < -0.39 is 11.9 Å². The number of halogens is 3. The number of hydrogen-bond acceptors (Lipinski definition) is 1. The summed E-state index contributed by atoms with van der Waals surface area (Å²) < 4.78 is 13.0. The van der Waals surface area contributed by atoms with Crippen molar-refractivity contribution in [2.24, 2.45) is 5.73 Å². The smallest absolute Gasteiger partial charge is 0.142 e. The van der Waals surface area contributed by atoms with Gasteiger partial charge in [0.15, 0.2) is 0 Å². The molecule has 4 heteroatoms. The van der Waals surface area contributed by atoms with Gasteiger partial charge in [0.1, 0.15) is 5.82 Å². The first kappa shape index (κ1) is 10.5. The molecule has 0 aliphatic rings. The summed E-state index contributed by atoms with van der Waals surface area (Å²) in [5, 5.41) is 0.304. The van der Waals surface area contributed by atoms with Crippen molar-refractivity contribution < 1.29 is 4.39 Å². The molecule has 1 aromatic rings. The molecule has 0 unspecified atom stereocenters. The van der Waals surface area contributed by atoms with Crippen LogP contribution in [-0.4, -0.2) is 0 Å². The van der Waals surface area contributed by atoms with E-state index in [2.05, 4.69) is 6.58 Å². The quantitative estimate of drug-likeness (QED) is 0.600. The van der Waals surface area contributed by atoms with Crippen molar-refractivity contribution >= 4 is 23.2 Å². The van der Waals surface area contributed by atoms with Gasteiger partial charge < -0.3 is 5.73 Å². The third-order valence-corrected chi connectivity index (χ3v) is 2.38. The molecule has 1 atom stereocenters. The van der Waals surface area contributed by atoms with Gasteiger partial charge >= 0.3 is 0 Å². The molecule has 0 aliphatic heterocycles. The first-order chi connectivity index (χ1) is 6.07. The van der Waals surface area contributed by atoms with E-state index >= 15 is 0 Å². The summed E-state index contributed by atoms with van der Waals surface area (Å²) in [5.41, 5.74) is 5.98. The van der Waals surface area contributed by atoms with Crippen LogP contribution in [0.15, 0.2) is 24.8 Å². The Morgan fingerprint density at radius 1 is 1.46 bits per heavy atom. The zero-order valence-electron chi connectivity index (χ0n) is 6.73. The lowest BCUT2D eigenvalue weighted by Gasteiger charge is -2.11. The van der Waals surface area contributed by atoms with Gasteiger partial charge in [-0.05, 0) is 12.1 Å². The fourth-order valence-electron chi connectivity index (χ4n) is 0.966. The topological polar surface area (TPSA) is 26.0 Å². The average Bonchev–Trinajstić information content (AvgIpc) is 2.12. The Kier molecular flexibility index (Phi) is 3.31. The van der Waals surface area contributed by atoms with Crippen LogP contribution in [0, 0.1) is 5.82 Å². The molecule has 13 heavy (non-hydrogen) atoms. The van der Waals surface area contributed by atoms with Gasteiger partial charge in [0.25, 0.3) is 0 Å². The van der Waals surface area contributed by atoms with Crippen LogP contribution in [0.25, 0.3) is 0 Å². The van der Waals surface area contributed by atoms with Crippen LogP contribution in [0.4, 0.5) is 4.39 Å². The van der Waals surface area contributed by atoms with E-state index in [1.807, 2.05) is 0 Å². The van der Waals surface area contributed by atoms with Crippen molar-refractivity contribution in [1.82, 2.24) is 0 Å². The number of rotatable bonds is 2. The van der Waals surface area contributed by atoms with Crippen LogP contribution in [0.5, 0.6) is 0 Å². The third kappa shape index (κ3) is 2.02. The summed E-state index contributed by atoms with van der Waals surface area (Å²) in [5.74, 6) is -0.529. The lowest BCUT2D eigenvalue weighted by molar-refractivity contribution is 0.624. The Labute approximate surface area is 85.9 Å². The Morgan fingerprint density at radius 3 is 2.62 bits per heavy atom. The van der Waals surface area contributed by atoms with Gasteiger partial charge in [-0.1, -0.05) is 29.3 Å². The summed E-state index contributed by atoms with van der Waals surface area (Å²) >= 11 is 11.5. The summed E-state index contributed by atoms with van der Waals surface area (Å²) in [7, 11) is 0. The second-order valence-electron chi connectivity index (χ2n) is 2.52. The lowest BCUT2D eigenvalue weighted by Crippen LogP contribution is -2.08.